The van der Waals surface area contributed by atoms with E-state index in [1.807, 2.05) is 6.92 Å². The number of hydrogen-bond donors (Lipinski definition) is 1. The Bertz CT molecular complexity index is 399. The van der Waals surface area contributed by atoms with Gasteiger partial charge in [0.1, 0.15) is 5.75 Å². The molecule has 0 saturated heterocycles. The Balaban J connectivity index is 2.81. The van der Waals surface area contributed by atoms with Crippen LogP contribution in [-0.2, 0) is 9.53 Å². The molecule has 1 N–H and O–H groups in total. The molecular weight excluding hydrogens is 256 g/mol. The molecule has 0 aliphatic rings. The lowest BCUT2D eigenvalue weighted by molar-refractivity contribution is -0.150. The van der Waals surface area contributed by atoms with E-state index >= 15 is 0 Å². The second kappa shape index (κ2) is 8.59. The van der Waals surface area contributed by atoms with Crippen LogP contribution in [0.5, 0.6) is 5.75 Å². The Hall–Kier alpha value is -1.55. The number of ether oxygens (including phenoxy) is 2. The zero-order valence-corrected chi connectivity index (χ0v) is 12.5. The average Bonchev–Trinajstić information content (AvgIpc) is 2.48. The first-order valence-electron chi connectivity index (χ1n) is 7.12. The van der Waals surface area contributed by atoms with Crippen molar-refractivity contribution in [1.82, 2.24) is 0 Å². The predicted molar refractivity (Wildman–Crippen MR) is 77.6 cm³/mol. The highest BCUT2D eigenvalue weighted by molar-refractivity contribution is 5.73. The molecule has 1 rings (SSSR count). The molecule has 4 nitrogen and oxygen atoms in total. The highest BCUT2D eigenvalue weighted by atomic mass is 16.5. The van der Waals surface area contributed by atoms with Gasteiger partial charge in [-0.2, -0.15) is 0 Å². The number of esters is 1. The number of aliphatic hydroxyl groups excluding tert-OH is 1. The van der Waals surface area contributed by atoms with Gasteiger partial charge in [-0.25, -0.2) is 0 Å². The van der Waals surface area contributed by atoms with E-state index in [0.717, 1.165) is 18.6 Å². The second-order valence-corrected chi connectivity index (χ2v) is 4.72. The third-order valence-corrected chi connectivity index (χ3v) is 3.29. The molecule has 0 spiro atoms. The third-order valence-electron chi connectivity index (χ3n) is 3.29. The van der Waals surface area contributed by atoms with Crippen molar-refractivity contribution in [2.75, 3.05) is 13.7 Å². The summed E-state index contributed by atoms with van der Waals surface area (Å²) in [7, 11) is 1.35. The summed E-state index contributed by atoms with van der Waals surface area (Å²) >= 11 is 0. The molecule has 0 radical (unpaired) electrons. The van der Waals surface area contributed by atoms with E-state index in [4.69, 9.17) is 9.47 Å². The quantitative estimate of drug-likeness (QED) is 0.743. The molecule has 2 atom stereocenters. The summed E-state index contributed by atoms with van der Waals surface area (Å²) in [4.78, 5) is 11.8. The molecule has 0 fully saturated rings. The molecule has 2 unspecified atom stereocenters. The topological polar surface area (TPSA) is 55.8 Å². The number of aliphatic hydroxyl groups is 1. The lowest BCUT2D eigenvalue weighted by Gasteiger charge is -2.21. The summed E-state index contributed by atoms with van der Waals surface area (Å²) in [5.74, 6) is -0.121. The lowest BCUT2D eigenvalue weighted by Crippen LogP contribution is -2.23. The van der Waals surface area contributed by atoms with E-state index in [9.17, 15) is 9.90 Å². The predicted octanol–water partition coefficient (Wildman–Crippen LogP) is 3.10. The van der Waals surface area contributed by atoms with Crippen LogP contribution in [0, 0.1) is 5.92 Å². The smallest absolute Gasteiger partial charge is 0.311 e. The molecule has 1 aromatic carbocycles. The summed E-state index contributed by atoms with van der Waals surface area (Å²) in [6.07, 6.45) is 1.64. The van der Waals surface area contributed by atoms with Crippen molar-refractivity contribution in [3.63, 3.8) is 0 Å². The van der Waals surface area contributed by atoms with Gasteiger partial charge in [0.15, 0.2) is 0 Å². The zero-order valence-electron chi connectivity index (χ0n) is 12.5. The van der Waals surface area contributed by atoms with Crippen LogP contribution in [0.25, 0.3) is 0 Å². The van der Waals surface area contributed by atoms with Crippen molar-refractivity contribution >= 4 is 5.97 Å². The van der Waals surface area contributed by atoms with Crippen LogP contribution in [0.4, 0.5) is 0 Å². The van der Waals surface area contributed by atoms with Crippen LogP contribution in [0.2, 0.25) is 0 Å². The van der Waals surface area contributed by atoms with Gasteiger partial charge in [-0.3, -0.25) is 4.79 Å². The Morgan fingerprint density at radius 2 is 1.90 bits per heavy atom. The Morgan fingerprint density at radius 3 is 2.40 bits per heavy atom. The Morgan fingerprint density at radius 1 is 1.25 bits per heavy atom. The van der Waals surface area contributed by atoms with Crippen molar-refractivity contribution in [2.24, 2.45) is 5.92 Å². The Kier molecular flexibility index (Phi) is 7.09. The van der Waals surface area contributed by atoms with Crippen LogP contribution in [0.1, 0.15) is 44.8 Å². The number of hydrogen-bond acceptors (Lipinski definition) is 4. The Labute approximate surface area is 120 Å². The molecule has 0 aliphatic heterocycles. The molecule has 1 aromatic rings. The SMILES string of the molecule is CCCCC(C(=O)OC)C(O)c1ccc(OCC)cc1. The van der Waals surface area contributed by atoms with E-state index in [2.05, 4.69) is 6.92 Å². The van der Waals surface area contributed by atoms with Crippen LogP contribution in [0.15, 0.2) is 24.3 Å². The van der Waals surface area contributed by atoms with E-state index in [1.54, 1.807) is 24.3 Å². The second-order valence-electron chi connectivity index (χ2n) is 4.72. The molecule has 4 heteroatoms. The van der Waals surface area contributed by atoms with Crippen LogP contribution < -0.4 is 4.74 Å². The summed E-state index contributed by atoms with van der Waals surface area (Å²) in [5.41, 5.74) is 0.708. The standard InChI is InChI=1S/C16H24O4/c1-4-6-7-14(16(18)19-3)15(17)12-8-10-13(11-9-12)20-5-2/h8-11,14-15,17H,4-7H2,1-3H3. The molecule has 20 heavy (non-hydrogen) atoms. The van der Waals surface area contributed by atoms with Gasteiger partial charge in [-0.05, 0) is 31.0 Å². The first-order chi connectivity index (χ1) is 9.63. The minimum Gasteiger partial charge on any atom is -0.494 e. The molecule has 0 bridgehead atoms. The average molecular weight is 280 g/mol. The summed E-state index contributed by atoms with van der Waals surface area (Å²) in [5, 5.41) is 10.4. The van der Waals surface area contributed by atoms with Crippen LogP contribution in [0.3, 0.4) is 0 Å². The fourth-order valence-electron chi connectivity index (χ4n) is 2.14. The summed E-state index contributed by atoms with van der Waals surface area (Å²) in [6.45, 7) is 4.57. The van der Waals surface area contributed by atoms with Gasteiger partial charge >= 0.3 is 5.97 Å². The number of benzene rings is 1. The number of carbonyl (C=O) groups is 1. The van der Waals surface area contributed by atoms with Crippen molar-refractivity contribution in [2.45, 2.75) is 39.2 Å². The van der Waals surface area contributed by atoms with Crippen molar-refractivity contribution < 1.29 is 19.4 Å². The fourth-order valence-corrected chi connectivity index (χ4v) is 2.14. The van der Waals surface area contributed by atoms with Crippen molar-refractivity contribution in [3.8, 4) is 5.75 Å². The van der Waals surface area contributed by atoms with Crippen LogP contribution >= 0.6 is 0 Å². The number of methoxy groups -OCH3 is 1. The van der Waals surface area contributed by atoms with Gasteiger partial charge < -0.3 is 14.6 Å². The largest absolute Gasteiger partial charge is 0.494 e. The van der Waals surface area contributed by atoms with E-state index < -0.39 is 12.0 Å². The minimum absolute atomic E-state index is 0.361. The van der Waals surface area contributed by atoms with Crippen LogP contribution in [-0.4, -0.2) is 24.8 Å². The normalized spacial score (nSPS) is 13.6. The highest BCUT2D eigenvalue weighted by Crippen LogP contribution is 2.28. The molecular formula is C16H24O4. The molecule has 112 valence electrons. The number of unbranched alkanes of at least 4 members (excludes halogenated alkanes) is 1. The maximum absolute atomic E-state index is 11.8. The van der Waals surface area contributed by atoms with E-state index in [0.29, 0.717) is 18.6 Å². The van der Waals surface area contributed by atoms with Gasteiger partial charge in [0.05, 0.1) is 25.7 Å². The monoisotopic (exact) mass is 280 g/mol. The summed E-state index contributed by atoms with van der Waals surface area (Å²) < 4.78 is 10.2. The van der Waals surface area contributed by atoms with Gasteiger partial charge in [-0.1, -0.05) is 31.9 Å². The van der Waals surface area contributed by atoms with Gasteiger partial charge in [0, 0.05) is 0 Å². The van der Waals surface area contributed by atoms with E-state index in [1.165, 1.54) is 7.11 Å². The third kappa shape index (κ3) is 4.53. The number of carbonyl (C=O) groups excluding carboxylic acids is 1. The first-order valence-corrected chi connectivity index (χ1v) is 7.12. The number of rotatable bonds is 8. The highest BCUT2D eigenvalue weighted by Gasteiger charge is 2.28. The summed E-state index contributed by atoms with van der Waals surface area (Å²) in [6, 6.07) is 7.18. The maximum atomic E-state index is 11.8. The van der Waals surface area contributed by atoms with Gasteiger partial charge in [-0.15, -0.1) is 0 Å². The minimum atomic E-state index is -0.843. The van der Waals surface area contributed by atoms with E-state index in [-0.39, 0.29) is 5.97 Å². The fraction of sp³-hybridized carbons (Fsp3) is 0.562. The first kappa shape index (κ1) is 16.5. The zero-order chi connectivity index (χ0) is 15.0. The molecule has 0 amide bonds. The molecule has 0 heterocycles. The van der Waals surface area contributed by atoms with Gasteiger partial charge in [0.2, 0.25) is 0 Å². The van der Waals surface area contributed by atoms with Crippen molar-refractivity contribution in [1.29, 1.82) is 0 Å². The maximum Gasteiger partial charge on any atom is 0.311 e. The molecule has 0 aromatic heterocycles. The van der Waals surface area contributed by atoms with Gasteiger partial charge in [0.25, 0.3) is 0 Å². The molecule has 0 aliphatic carbocycles. The molecule has 0 saturated carbocycles. The lowest BCUT2D eigenvalue weighted by atomic mass is 9.91. The van der Waals surface area contributed by atoms with Crippen molar-refractivity contribution in [3.05, 3.63) is 29.8 Å².